The molecule has 0 unspecified atom stereocenters. The molecule has 3 aromatic rings. The Morgan fingerprint density at radius 2 is 1.83 bits per heavy atom. The lowest BCUT2D eigenvalue weighted by molar-refractivity contribution is -0.385. The van der Waals surface area contributed by atoms with Crippen molar-refractivity contribution in [2.45, 2.75) is 25.9 Å². The number of furan rings is 1. The van der Waals surface area contributed by atoms with Crippen molar-refractivity contribution in [2.24, 2.45) is 0 Å². The largest absolute Gasteiger partial charge is 0.486 e. The minimum absolute atomic E-state index is 0.101. The third kappa shape index (κ3) is 4.41. The highest BCUT2D eigenvalue weighted by Gasteiger charge is 2.19. The molecule has 2 aromatic carbocycles. The van der Waals surface area contributed by atoms with Crippen molar-refractivity contribution in [3.8, 4) is 5.75 Å². The van der Waals surface area contributed by atoms with Crippen LogP contribution in [-0.2, 0) is 19.4 Å². The molecule has 1 aliphatic rings. The van der Waals surface area contributed by atoms with Gasteiger partial charge in [0.1, 0.15) is 18.1 Å². The lowest BCUT2D eigenvalue weighted by Crippen LogP contribution is -2.12. The molecule has 154 valence electrons. The lowest BCUT2D eigenvalue weighted by atomic mass is 10.1. The van der Waals surface area contributed by atoms with Crippen LogP contribution in [0.4, 0.5) is 11.4 Å². The summed E-state index contributed by atoms with van der Waals surface area (Å²) in [7, 11) is 0. The second kappa shape index (κ2) is 8.61. The Kier molecular flexibility index (Phi) is 5.92. The van der Waals surface area contributed by atoms with Gasteiger partial charge in [-0.1, -0.05) is 6.07 Å². The monoisotopic (exact) mass is 534 g/mol. The molecule has 0 fully saturated rings. The summed E-state index contributed by atoms with van der Waals surface area (Å²) in [6.07, 6.45) is 3.37. The first-order chi connectivity index (χ1) is 14.4. The Bertz CT molecular complexity index is 1120. The molecular weight excluding hydrogens is 520 g/mol. The van der Waals surface area contributed by atoms with Crippen molar-refractivity contribution >= 4 is 49.1 Å². The zero-order chi connectivity index (χ0) is 21.3. The second-order valence-electron chi connectivity index (χ2n) is 6.83. The van der Waals surface area contributed by atoms with Gasteiger partial charge in [-0.25, -0.2) is 0 Å². The summed E-state index contributed by atoms with van der Waals surface area (Å²) in [6.45, 7) is 0.205. The van der Waals surface area contributed by atoms with Crippen LogP contribution >= 0.6 is 31.9 Å². The molecule has 0 aliphatic heterocycles. The number of ether oxygens (including phenoxy) is 1. The number of carbonyl (C=O) groups is 1. The van der Waals surface area contributed by atoms with Crippen molar-refractivity contribution in [3.05, 3.63) is 84.2 Å². The predicted molar refractivity (Wildman–Crippen MR) is 118 cm³/mol. The van der Waals surface area contributed by atoms with Crippen LogP contribution in [0.5, 0.6) is 5.75 Å². The van der Waals surface area contributed by atoms with E-state index in [0.29, 0.717) is 20.4 Å². The molecule has 1 heterocycles. The number of nitro groups is 1. The average molecular weight is 536 g/mol. The average Bonchev–Trinajstić information content (AvgIpc) is 3.37. The first kappa shape index (κ1) is 20.6. The SMILES string of the molecule is O=C(Nc1c(Br)cc([N+](=O)[O-])cc1Br)c1ccc(COc2ccc3c(c2)CCC3)o1. The van der Waals surface area contributed by atoms with Gasteiger partial charge in [-0.15, -0.1) is 0 Å². The van der Waals surface area contributed by atoms with E-state index in [1.165, 1.54) is 29.7 Å². The predicted octanol–water partition coefficient (Wildman–Crippen LogP) is 6.03. The van der Waals surface area contributed by atoms with Gasteiger partial charge < -0.3 is 14.5 Å². The molecular formula is C21H16Br2N2O5. The normalized spacial score (nSPS) is 12.5. The van der Waals surface area contributed by atoms with E-state index in [1.807, 2.05) is 6.07 Å². The summed E-state index contributed by atoms with van der Waals surface area (Å²) in [5, 5.41) is 13.6. The fraction of sp³-hybridized carbons (Fsp3) is 0.190. The van der Waals surface area contributed by atoms with Gasteiger partial charge in [0, 0.05) is 21.1 Å². The molecule has 0 spiro atoms. The number of hydrogen-bond donors (Lipinski definition) is 1. The summed E-state index contributed by atoms with van der Waals surface area (Å²) in [4.78, 5) is 23.0. The number of aryl methyl sites for hydroxylation is 2. The van der Waals surface area contributed by atoms with Crippen molar-refractivity contribution < 1.29 is 18.9 Å². The number of carbonyl (C=O) groups excluding carboxylic acids is 1. The first-order valence-electron chi connectivity index (χ1n) is 9.19. The summed E-state index contributed by atoms with van der Waals surface area (Å²) < 4.78 is 12.2. The highest BCUT2D eigenvalue weighted by molar-refractivity contribution is 9.11. The number of rotatable bonds is 6. The second-order valence-corrected chi connectivity index (χ2v) is 8.54. The topological polar surface area (TPSA) is 94.6 Å². The number of benzene rings is 2. The Morgan fingerprint density at radius 1 is 1.10 bits per heavy atom. The maximum Gasteiger partial charge on any atom is 0.291 e. The molecule has 0 saturated carbocycles. The summed E-state index contributed by atoms with van der Waals surface area (Å²) in [6, 6.07) is 12.0. The zero-order valence-corrected chi connectivity index (χ0v) is 18.8. The summed E-state index contributed by atoms with van der Waals surface area (Å²) in [5.74, 6) is 0.924. The molecule has 1 aliphatic carbocycles. The zero-order valence-electron chi connectivity index (χ0n) is 15.6. The Hall–Kier alpha value is -2.65. The number of nitro benzene ring substituents is 1. The van der Waals surface area contributed by atoms with Crippen molar-refractivity contribution in [2.75, 3.05) is 5.32 Å². The summed E-state index contributed by atoms with van der Waals surface area (Å²) >= 11 is 6.49. The standard InChI is InChI=1S/C21H16Br2N2O5/c22-17-9-14(25(27)28)10-18(23)20(17)24-21(26)19-7-6-16(30-19)11-29-15-5-4-12-2-1-3-13(12)8-15/h4-10H,1-3,11H2,(H,24,26). The molecule has 4 rings (SSSR count). The van der Waals surface area contributed by atoms with Crippen LogP contribution in [0.15, 0.2) is 55.8 Å². The van der Waals surface area contributed by atoms with E-state index in [1.54, 1.807) is 12.1 Å². The lowest BCUT2D eigenvalue weighted by Gasteiger charge is -2.09. The fourth-order valence-electron chi connectivity index (χ4n) is 3.33. The minimum atomic E-state index is -0.513. The van der Waals surface area contributed by atoms with Gasteiger partial charge in [-0.2, -0.15) is 0 Å². The number of nitrogens with one attached hydrogen (secondary N) is 1. The Balaban J connectivity index is 1.41. The molecule has 0 atom stereocenters. The molecule has 1 N–H and O–H groups in total. The number of non-ortho nitro benzene ring substituents is 1. The van der Waals surface area contributed by atoms with Gasteiger partial charge in [-0.3, -0.25) is 14.9 Å². The van der Waals surface area contributed by atoms with Gasteiger partial charge >= 0.3 is 0 Å². The quantitative estimate of drug-likeness (QED) is 0.307. The molecule has 9 heteroatoms. The maximum absolute atomic E-state index is 12.5. The van der Waals surface area contributed by atoms with Gasteiger partial charge in [0.2, 0.25) is 0 Å². The van der Waals surface area contributed by atoms with E-state index in [0.717, 1.165) is 18.6 Å². The van der Waals surface area contributed by atoms with Crippen LogP contribution in [0.25, 0.3) is 0 Å². The number of nitrogens with zero attached hydrogens (tertiary/aromatic N) is 1. The van der Waals surface area contributed by atoms with Crippen LogP contribution in [0.1, 0.15) is 33.9 Å². The van der Waals surface area contributed by atoms with Crippen LogP contribution in [0.3, 0.4) is 0 Å². The van der Waals surface area contributed by atoms with Crippen LogP contribution in [-0.4, -0.2) is 10.8 Å². The van der Waals surface area contributed by atoms with Gasteiger partial charge in [-0.05, 0) is 86.5 Å². The van der Waals surface area contributed by atoms with E-state index < -0.39 is 10.8 Å². The highest BCUT2D eigenvalue weighted by atomic mass is 79.9. The van der Waals surface area contributed by atoms with Crippen LogP contribution in [0.2, 0.25) is 0 Å². The van der Waals surface area contributed by atoms with E-state index in [4.69, 9.17) is 9.15 Å². The van der Waals surface area contributed by atoms with Crippen molar-refractivity contribution in [1.82, 2.24) is 0 Å². The van der Waals surface area contributed by atoms with Gasteiger partial charge in [0.15, 0.2) is 5.76 Å². The number of amides is 1. The van der Waals surface area contributed by atoms with Crippen LogP contribution in [0, 0.1) is 10.1 Å². The van der Waals surface area contributed by atoms with Gasteiger partial charge in [0.25, 0.3) is 11.6 Å². The molecule has 7 nitrogen and oxygen atoms in total. The molecule has 1 aromatic heterocycles. The Morgan fingerprint density at radius 3 is 2.57 bits per heavy atom. The van der Waals surface area contributed by atoms with Crippen molar-refractivity contribution in [1.29, 1.82) is 0 Å². The summed E-state index contributed by atoms with van der Waals surface area (Å²) in [5.41, 5.74) is 2.97. The first-order valence-corrected chi connectivity index (χ1v) is 10.8. The van der Waals surface area contributed by atoms with Gasteiger partial charge in [0.05, 0.1) is 10.6 Å². The van der Waals surface area contributed by atoms with Crippen molar-refractivity contribution in [3.63, 3.8) is 0 Å². The molecule has 0 saturated heterocycles. The van der Waals surface area contributed by atoms with E-state index >= 15 is 0 Å². The third-order valence-electron chi connectivity index (χ3n) is 4.81. The van der Waals surface area contributed by atoms with E-state index in [2.05, 4.69) is 49.3 Å². The third-order valence-corrected chi connectivity index (χ3v) is 6.06. The number of hydrogen-bond acceptors (Lipinski definition) is 5. The molecule has 1 amide bonds. The van der Waals surface area contributed by atoms with E-state index in [9.17, 15) is 14.9 Å². The maximum atomic E-state index is 12.5. The minimum Gasteiger partial charge on any atom is -0.486 e. The number of halogens is 2. The van der Waals surface area contributed by atoms with Crippen LogP contribution < -0.4 is 10.1 Å². The number of anilines is 1. The number of fused-ring (bicyclic) bond motifs is 1. The fourth-order valence-corrected chi connectivity index (χ4v) is 4.69. The molecule has 0 bridgehead atoms. The Labute approximate surface area is 188 Å². The highest BCUT2D eigenvalue weighted by Crippen LogP contribution is 2.35. The molecule has 30 heavy (non-hydrogen) atoms. The molecule has 0 radical (unpaired) electrons. The smallest absolute Gasteiger partial charge is 0.291 e. The van der Waals surface area contributed by atoms with E-state index in [-0.39, 0.29) is 18.1 Å².